The van der Waals surface area contributed by atoms with Crippen molar-refractivity contribution in [2.45, 2.75) is 12.5 Å². The van der Waals surface area contributed by atoms with Gasteiger partial charge in [-0.15, -0.1) is 0 Å². The molecule has 1 saturated heterocycles. The lowest BCUT2D eigenvalue weighted by atomic mass is 10.2. The van der Waals surface area contributed by atoms with Gasteiger partial charge in [0, 0.05) is 6.61 Å². The van der Waals surface area contributed by atoms with E-state index in [0.717, 1.165) is 12.5 Å². The van der Waals surface area contributed by atoms with Gasteiger partial charge in [0.25, 0.3) is 0 Å². The van der Waals surface area contributed by atoms with Crippen molar-refractivity contribution >= 4 is 5.69 Å². The van der Waals surface area contributed by atoms with Crippen LogP contribution in [0.15, 0.2) is 12.1 Å². The highest BCUT2D eigenvalue weighted by Gasteiger charge is 2.19. The molecule has 0 bridgehead atoms. The van der Waals surface area contributed by atoms with Crippen LogP contribution in [-0.4, -0.2) is 19.3 Å². The van der Waals surface area contributed by atoms with E-state index in [4.69, 9.17) is 4.74 Å². The summed E-state index contributed by atoms with van der Waals surface area (Å²) in [6, 6.07) is 2.05. The lowest BCUT2D eigenvalue weighted by Crippen LogP contribution is -2.20. The zero-order valence-electron chi connectivity index (χ0n) is 7.90. The molecule has 0 aliphatic carbocycles. The highest BCUT2D eigenvalue weighted by Crippen LogP contribution is 2.21. The molecule has 1 heterocycles. The van der Waals surface area contributed by atoms with Crippen molar-refractivity contribution < 1.29 is 17.9 Å². The molecule has 1 aromatic rings. The van der Waals surface area contributed by atoms with Gasteiger partial charge in [0.15, 0.2) is 17.5 Å². The Kier molecular flexibility index (Phi) is 2.81. The summed E-state index contributed by atoms with van der Waals surface area (Å²) in [5.74, 6) is -3.80. The van der Waals surface area contributed by atoms with Crippen molar-refractivity contribution in [1.29, 1.82) is 0 Å². The maximum Gasteiger partial charge on any atom is 0.196 e. The van der Waals surface area contributed by atoms with E-state index >= 15 is 0 Å². The van der Waals surface area contributed by atoms with E-state index in [-0.39, 0.29) is 11.7 Å². The van der Waals surface area contributed by atoms with Crippen LogP contribution in [0.3, 0.4) is 0 Å². The van der Waals surface area contributed by atoms with Gasteiger partial charge in [-0.1, -0.05) is 0 Å². The summed E-state index contributed by atoms with van der Waals surface area (Å²) in [4.78, 5) is 0. The molecule has 0 radical (unpaired) electrons. The van der Waals surface area contributed by atoms with Gasteiger partial charge in [-0.2, -0.15) is 0 Å². The van der Waals surface area contributed by atoms with Crippen LogP contribution in [0.25, 0.3) is 0 Å². The SMILES string of the molecule is Fc1ccc(NC2CCOC2)c(F)c1F. The molecule has 2 nitrogen and oxygen atoms in total. The van der Waals surface area contributed by atoms with Gasteiger partial charge >= 0.3 is 0 Å². The number of hydrogen-bond acceptors (Lipinski definition) is 2. The normalized spacial score (nSPS) is 20.6. The van der Waals surface area contributed by atoms with Crippen molar-refractivity contribution in [3.63, 3.8) is 0 Å². The van der Waals surface area contributed by atoms with E-state index < -0.39 is 17.5 Å². The van der Waals surface area contributed by atoms with Gasteiger partial charge < -0.3 is 10.1 Å². The molecule has 1 aliphatic rings. The minimum Gasteiger partial charge on any atom is -0.379 e. The molecule has 0 amide bonds. The highest BCUT2D eigenvalue weighted by atomic mass is 19.2. The first-order chi connectivity index (χ1) is 7.18. The van der Waals surface area contributed by atoms with Gasteiger partial charge in [-0.25, -0.2) is 13.2 Å². The van der Waals surface area contributed by atoms with Gasteiger partial charge in [-0.05, 0) is 18.6 Å². The fraction of sp³-hybridized carbons (Fsp3) is 0.400. The molecule has 2 rings (SSSR count). The van der Waals surface area contributed by atoms with Gasteiger partial charge in [-0.3, -0.25) is 0 Å². The standard InChI is InChI=1S/C10H10F3NO/c11-7-1-2-8(10(13)9(7)12)14-6-3-4-15-5-6/h1-2,6,14H,3-5H2. The molecule has 15 heavy (non-hydrogen) atoms. The van der Waals surface area contributed by atoms with Gasteiger partial charge in [0.05, 0.1) is 18.3 Å². The Labute approximate surface area is 85.0 Å². The lowest BCUT2D eigenvalue weighted by Gasteiger charge is -2.13. The van der Waals surface area contributed by atoms with Crippen LogP contribution in [0.4, 0.5) is 18.9 Å². The average molecular weight is 217 g/mol. The maximum atomic E-state index is 13.2. The van der Waals surface area contributed by atoms with Crippen LogP contribution in [0.1, 0.15) is 6.42 Å². The summed E-state index contributed by atoms with van der Waals surface area (Å²) in [6.45, 7) is 1.06. The van der Waals surface area contributed by atoms with Crippen molar-refractivity contribution in [1.82, 2.24) is 0 Å². The first-order valence-corrected chi connectivity index (χ1v) is 4.66. The third kappa shape index (κ3) is 2.07. The first kappa shape index (κ1) is 10.3. The quantitative estimate of drug-likeness (QED) is 0.767. The van der Waals surface area contributed by atoms with Gasteiger partial charge in [0.1, 0.15) is 0 Å². The Balaban J connectivity index is 2.17. The van der Waals surface area contributed by atoms with Crippen LogP contribution in [0, 0.1) is 17.5 Å². The molecule has 0 aromatic heterocycles. The maximum absolute atomic E-state index is 13.2. The van der Waals surface area contributed by atoms with E-state index in [0.29, 0.717) is 13.2 Å². The Hall–Kier alpha value is -1.23. The Morgan fingerprint density at radius 2 is 2.00 bits per heavy atom. The predicted molar refractivity (Wildman–Crippen MR) is 49.2 cm³/mol. The fourth-order valence-electron chi connectivity index (χ4n) is 1.51. The monoisotopic (exact) mass is 217 g/mol. The molecule has 0 spiro atoms. The number of rotatable bonds is 2. The zero-order chi connectivity index (χ0) is 10.8. The van der Waals surface area contributed by atoms with Crippen LogP contribution < -0.4 is 5.32 Å². The molecular formula is C10H10F3NO. The molecule has 1 fully saturated rings. The van der Waals surface area contributed by atoms with E-state index in [9.17, 15) is 13.2 Å². The smallest absolute Gasteiger partial charge is 0.196 e. The first-order valence-electron chi connectivity index (χ1n) is 4.66. The number of nitrogens with one attached hydrogen (secondary N) is 1. The predicted octanol–water partition coefficient (Wildman–Crippen LogP) is 2.30. The van der Waals surface area contributed by atoms with Crippen molar-refractivity contribution in [2.24, 2.45) is 0 Å². The van der Waals surface area contributed by atoms with Crippen LogP contribution in [-0.2, 0) is 4.74 Å². The number of benzene rings is 1. The summed E-state index contributed by atoms with van der Waals surface area (Å²) >= 11 is 0. The summed E-state index contributed by atoms with van der Waals surface area (Å²) in [5, 5.41) is 2.77. The molecule has 1 aliphatic heterocycles. The molecule has 82 valence electrons. The van der Waals surface area contributed by atoms with E-state index in [1.807, 2.05) is 0 Å². The van der Waals surface area contributed by atoms with Crippen molar-refractivity contribution in [3.05, 3.63) is 29.6 Å². The van der Waals surface area contributed by atoms with E-state index in [2.05, 4.69) is 5.32 Å². The van der Waals surface area contributed by atoms with Crippen LogP contribution in [0.2, 0.25) is 0 Å². The molecule has 0 saturated carbocycles. The summed E-state index contributed by atoms with van der Waals surface area (Å²) in [6.07, 6.45) is 0.735. The summed E-state index contributed by atoms with van der Waals surface area (Å²) in [5.41, 5.74) is -0.0237. The second-order valence-corrected chi connectivity index (χ2v) is 3.43. The van der Waals surface area contributed by atoms with E-state index in [1.165, 1.54) is 6.07 Å². The number of hydrogen-bond donors (Lipinski definition) is 1. The molecule has 1 aromatic carbocycles. The van der Waals surface area contributed by atoms with Crippen molar-refractivity contribution in [2.75, 3.05) is 18.5 Å². The third-order valence-electron chi connectivity index (χ3n) is 2.32. The number of anilines is 1. The summed E-state index contributed by atoms with van der Waals surface area (Å²) in [7, 11) is 0. The molecule has 5 heteroatoms. The highest BCUT2D eigenvalue weighted by molar-refractivity contribution is 5.46. The molecule has 1 N–H and O–H groups in total. The lowest BCUT2D eigenvalue weighted by molar-refractivity contribution is 0.195. The van der Waals surface area contributed by atoms with Crippen molar-refractivity contribution in [3.8, 4) is 0 Å². The third-order valence-corrected chi connectivity index (χ3v) is 2.32. The Morgan fingerprint density at radius 3 is 2.67 bits per heavy atom. The second kappa shape index (κ2) is 4.10. The minimum atomic E-state index is -1.45. The number of ether oxygens (including phenoxy) is 1. The minimum absolute atomic E-state index is 0.0237. The van der Waals surface area contributed by atoms with Crippen LogP contribution >= 0.6 is 0 Å². The zero-order valence-corrected chi connectivity index (χ0v) is 7.90. The second-order valence-electron chi connectivity index (χ2n) is 3.43. The average Bonchev–Trinajstić information content (AvgIpc) is 2.72. The van der Waals surface area contributed by atoms with E-state index in [1.54, 1.807) is 0 Å². The Bertz CT molecular complexity index is 364. The largest absolute Gasteiger partial charge is 0.379 e. The molecule has 1 atom stereocenters. The van der Waals surface area contributed by atoms with Crippen LogP contribution in [0.5, 0.6) is 0 Å². The topological polar surface area (TPSA) is 21.3 Å². The Morgan fingerprint density at radius 1 is 1.20 bits per heavy atom. The molecule has 1 unspecified atom stereocenters. The fourth-order valence-corrected chi connectivity index (χ4v) is 1.51. The molecular weight excluding hydrogens is 207 g/mol. The summed E-state index contributed by atoms with van der Waals surface area (Å²) < 4.78 is 43.7. The van der Waals surface area contributed by atoms with Gasteiger partial charge in [0.2, 0.25) is 0 Å². The number of halogens is 3.